The van der Waals surface area contributed by atoms with Crippen LogP contribution in [0.1, 0.15) is 11.1 Å². The zero-order valence-electron chi connectivity index (χ0n) is 14.0. The Morgan fingerprint density at radius 2 is 1.85 bits per heavy atom. The summed E-state index contributed by atoms with van der Waals surface area (Å²) in [5, 5.41) is 3.79. The maximum Gasteiger partial charge on any atom is 0.417 e. The van der Waals surface area contributed by atoms with Crippen LogP contribution in [0.4, 0.5) is 13.2 Å². The Morgan fingerprint density at radius 3 is 2.63 bits per heavy atom. The van der Waals surface area contributed by atoms with E-state index >= 15 is 0 Å². The second-order valence-electron chi connectivity index (χ2n) is 6.11. The minimum atomic E-state index is -4.78. The summed E-state index contributed by atoms with van der Waals surface area (Å²) in [5.41, 5.74) is -0.104. The van der Waals surface area contributed by atoms with Crippen LogP contribution in [0.5, 0.6) is 5.75 Å². The van der Waals surface area contributed by atoms with Crippen molar-refractivity contribution in [2.24, 2.45) is 0 Å². The average molecular weight is 396 g/mol. The molecule has 0 saturated heterocycles. The summed E-state index contributed by atoms with van der Waals surface area (Å²) in [6.07, 6.45) is -3.50. The molecule has 0 amide bonds. The molecule has 2 aromatic carbocycles. The van der Waals surface area contributed by atoms with Crippen LogP contribution in [0, 0.1) is 0 Å². The molecule has 1 aliphatic rings. The van der Waals surface area contributed by atoms with Crippen molar-refractivity contribution in [3.05, 3.63) is 59.8 Å². The van der Waals surface area contributed by atoms with Gasteiger partial charge in [0.25, 0.3) is 10.0 Å². The smallest absolute Gasteiger partial charge is 0.417 e. The lowest BCUT2D eigenvalue weighted by Gasteiger charge is -2.15. The molecule has 2 heterocycles. The van der Waals surface area contributed by atoms with Gasteiger partial charge in [-0.2, -0.15) is 13.2 Å². The highest BCUT2D eigenvalue weighted by molar-refractivity contribution is 7.90. The minimum Gasteiger partial charge on any atom is -0.492 e. The minimum absolute atomic E-state index is 0.304. The van der Waals surface area contributed by atoms with Crippen molar-refractivity contribution < 1.29 is 26.3 Å². The molecule has 0 unspecified atom stereocenters. The maximum absolute atomic E-state index is 13.3. The fraction of sp³-hybridized carbons (Fsp3) is 0.222. The number of ether oxygens (including phenoxy) is 1. The van der Waals surface area contributed by atoms with E-state index in [2.05, 4.69) is 5.32 Å². The molecule has 0 spiro atoms. The highest BCUT2D eigenvalue weighted by Gasteiger charge is 2.37. The molecule has 27 heavy (non-hydrogen) atoms. The molecular weight excluding hydrogens is 381 g/mol. The number of nitrogens with zero attached hydrogens (tertiary/aromatic N) is 1. The molecule has 3 aromatic rings. The number of aromatic nitrogens is 1. The molecule has 0 radical (unpaired) electrons. The number of hydrogen-bond donors (Lipinski definition) is 1. The first-order chi connectivity index (χ1) is 12.8. The Morgan fingerprint density at radius 1 is 1.07 bits per heavy atom. The first kappa shape index (κ1) is 17.9. The molecule has 1 aromatic heterocycles. The van der Waals surface area contributed by atoms with Crippen LogP contribution in [-0.4, -0.2) is 25.5 Å². The predicted octanol–water partition coefficient (Wildman–Crippen LogP) is 3.38. The molecule has 1 aliphatic heterocycles. The van der Waals surface area contributed by atoms with Gasteiger partial charge in [-0.05, 0) is 30.3 Å². The Labute approximate surface area is 153 Å². The van der Waals surface area contributed by atoms with E-state index in [9.17, 15) is 21.6 Å². The van der Waals surface area contributed by atoms with E-state index in [1.807, 2.05) is 0 Å². The monoisotopic (exact) mass is 396 g/mol. The van der Waals surface area contributed by atoms with Crippen LogP contribution in [0.2, 0.25) is 0 Å². The molecule has 0 saturated carbocycles. The summed E-state index contributed by atoms with van der Waals surface area (Å²) < 4.78 is 72.5. The molecule has 5 nitrogen and oxygen atoms in total. The normalized spacial score (nSPS) is 15.2. The molecule has 9 heteroatoms. The Bertz CT molecular complexity index is 1120. The van der Waals surface area contributed by atoms with E-state index in [1.54, 1.807) is 18.2 Å². The van der Waals surface area contributed by atoms with Gasteiger partial charge in [0.2, 0.25) is 0 Å². The van der Waals surface area contributed by atoms with Crippen molar-refractivity contribution >= 4 is 20.9 Å². The van der Waals surface area contributed by atoms with Crippen LogP contribution in [0.3, 0.4) is 0 Å². The highest BCUT2D eigenvalue weighted by atomic mass is 32.2. The van der Waals surface area contributed by atoms with Gasteiger partial charge in [-0.25, -0.2) is 12.4 Å². The third-order valence-electron chi connectivity index (χ3n) is 4.47. The first-order valence-corrected chi connectivity index (χ1v) is 9.62. The van der Waals surface area contributed by atoms with Crippen LogP contribution < -0.4 is 10.1 Å². The zero-order valence-corrected chi connectivity index (χ0v) is 14.8. The van der Waals surface area contributed by atoms with Gasteiger partial charge < -0.3 is 10.1 Å². The molecule has 142 valence electrons. The van der Waals surface area contributed by atoms with E-state index in [-0.39, 0.29) is 0 Å². The summed E-state index contributed by atoms with van der Waals surface area (Å²) in [7, 11) is -4.44. The van der Waals surface area contributed by atoms with Crippen LogP contribution >= 0.6 is 0 Å². The van der Waals surface area contributed by atoms with Gasteiger partial charge in [0.1, 0.15) is 17.3 Å². The fourth-order valence-electron chi connectivity index (χ4n) is 3.24. The van der Waals surface area contributed by atoms with E-state index in [0.717, 1.165) is 21.7 Å². The van der Waals surface area contributed by atoms with Crippen molar-refractivity contribution in [3.8, 4) is 5.75 Å². The number of nitrogens with one attached hydrogen (secondary N) is 1. The van der Waals surface area contributed by atoms with Gasteiger partial charge in [-0.15, -0.1) is 0 Å². The van der Waals surface area contributed by atoms with Gasteiger partial charge in [0, 0.05) is 30.2 Å². The topological polar surface area (TPSA) is 60.3 Å². The lowest BCUT2D eigenvalue weighted by Crippen LogP contribution is -2.18. The lowest BCUT2D eigenvalue weighted by atomic mass is 10.1. The Kier molecular flexibility index (Phi) is 4.15. The van der Waals surface area contributed by atoms with Crippen molar-refractivity contribution in [2.45, 2.75) is 17.6 Å². The van der Waals surface area contributed by atoms with E-state index < -0.39 is 26.7 Å². The van der Waals surface area contributed by atoms with Gasteiger partial charge in [-0.3, -0.25) is 0 Å². The third-order valence-corrected chi connectivity index (χ3v) is 6.22. The maximum atomic E-state index is 13.3. The van der Waals surface area contributed by atoms with Crippen LogP contribution in [0.15, 0.2) is 53.6 Å². The fourth-order valence-corrected chi connectivity index (χ4v) is 4.80. The molecule has 1 N–H and O–H groups in total. The van der Waals surface area contributed by atoms with Crippen molar-refractivity contribution in [1.29, 1.82) is 0 Å². The first-order valence-electron chi connectivity index (χ1n) is 8.18. The second kappa shape index (κ2) is 6.28. The highest BCUT2D eigenvalue weighted by Crippen LogP contribution is 2.37. The van der Waals surface area contributed by atoms with E-state index in [1.165, 1.54) is 18.3 Å². The largest absolute Gasteiger partial charge is 0.492 e. The lowest BCUT2D eigenvalue weighted by molar-refractivity contribution is -0.139. The van der Waals surface area contributed by atoms with Crippen molar-refractivity contribution in [2.75, 3.05) is 13.2 Å². The van der Waals surface area contributed by atoms with Gasteiger partial charge >= 0.3 is 6.18 Å². The number of rotatable bonds is 2. The Hall–Kier alpha value is -2.52. The number of alkyl halides is 3. The van der Waals surface area contributed by atoms with Crippen LogP contribution in [0.25, 0.3) is 10.9 Å². The predicted molar refractivity (Wildman–Crippen MR) is 93.2 cm³/mol. The van der Waals surface area contributed by atoms with Gasteiger partial charge in [-0.1, -0.05) is 12.1 Å². The second-order valence-corrected chi connectivity index (χ2v) is 7.89. The SMILES string of the molecule is O=S(=O)(c1ccccc1C(F)(F)F)n1ccc2c3c(ccc21)OCCNC3. The van der Waals surface area contributed by atoms with Crippen LogP contribution in [-0.2, 0) is 22.7 Å². The van der Waals surface area contributed by atoms with E-state index in [4.69, 9.17) is 4.74 Å². The number of halogens is 3. The van der Waals surface area contributed by atoms with Gasteiger partial charge in [0.05, 0.1) is 11.1 Å². The Balaban J connectivity index is 1.92. The number of fused-ring (bicyclic) bond motifs is 3. The number of hydrogen-bond acceptors (Lipinski definition) is 4. The molecule has 0 atom stereocenters. The van der Waals surface area contributed by atoms with Gasteiger partial charge in [0.15, 0.2) is 0 Å². The molecule has 0 aliphatic carbocycles. The number of benzene rings is 2. The molecule has 0 bridgehead atoms. The summed E-state index contributed by atoms with van der Waals surface area (Å²) in [6.45, 7) is 1.61. The third kappa shape index (κ3) is 2.96. The summed E-state index contributed by atoms with van der Waals surface area (Å²) in [4.78, 5) is -0.778. The summed E-state index contributed by atoms with van der Waals surface area (Å²) in [5.74, 6) is 0.637. The van der Waals surface area contributed by atoms with Crippen molar-refractivity contribution in [3.63, 3.8) is 0 Å². The zero-order chi connectivity index (χ0) is 19.2. The van der Waals surface area contributed by atoms with E-state index in [0.29, 0.717) is 36.3 Å². The van der Waals surface area contributed by atoms with Crippen molar-refractivity contribution in [1.82, 2.24) is 9.29 Å². The quantitative estimate of drug-likeness (QED) is 0.722. The molecular formula is C18H15F3N2O3S. The summed E-state index contributed by atoms with van der Waals surface area (Å²) in [6, 6.07) is 8.95. The molecule has 4 rings (SSSR count). The molecule has 0 fully saturated rings. The standard InChI is InChI=1S/C18H15F3N2O3S/c19-18(20,21)14-3-1-2-4-17(14)27(24,25)23-9-7-12-13-11-22-8-10-26-16(13)6-5-15(12)23/h1-7,9,22H,8,10-11H2. The average Bonchev–Trinajstić information content (AvgIpc) is 2.93. The summed E-state index contributed by atoms with van der Waals surface area (Å²) >= 11 is 0.